The van der Waals surface area contributed by atoms with Crippen molar-refractivity contribution in [1.82, 2.24) is 0 Å². The van der Waals surface area contributed by atoms with Gasteiger partial charge in [0.25, 0.3) is 0 Å². The molecule has 0 fully saturated rings. The normalized spacial score (nSPS) is 13.8. The lowest BCUT2D eigenvalue weighted by Gasteiger charge is -2.20. The molecule has 1 aromatic carbocycles. The van der Waals surface area contributed by atoms with Crippen LogP contribution in [0.3, 0.4) is 0 Å². The average molecular weight is 239 g/mol. The summed E-state index contributed by atoms with van der Waals surface area (Å²) in [6.07, 6.45) is -0.622. The van der Waals surface area contributed by atoms with Crippen molar-refractivity contribution in [3.63, 3.8) is 0 Å². The largest absolute Gasteiger partial charge is 0.392 e. The zero-order valence-corrected chi connectivity index (χ0v) is 9.45. The third-order valence-corrected chi connectivity index (χ3v) is 2.45. The molecule has 0 aromatic heterocycles. The molecule has 0 aliphatic rings. The standard InChI is InChI=1S/C11H14FN3O2/c1-17-11(10(6-12)14-15-13)9-4-2-8(7-16)3-5-9/h2-5,10-11,16H,6-7H2,1H3/t10-,11-/m1/s1. The fourth-order valence-corrected chi connectivity index (χ4v) is 1.57. The number of ether oxygens (including phenoxy) is 1. The predicted molar refractivity (Wildman–Crippen MR) is 61.0 cm³/mol. The van der Waals surface area contributed by atoms with Gasteiger partial charge in [0.2, 0.25) is 0 Å². The van der Waals surface area contributed by atoms with Crippen molar-refractivity contribution < 1.29 is 14.2 Å². The summed E-state index contributed by atoms with van der Waals surface area (Å²) in [5, 5.41) is 12.3. The Kier molecular flexibility index (Phi) is 5.42. The van der Waals surface area contributed by atoms with E-state index in [-0.39, 0.29) is 6.61 Å². The Morgan fingerprint density at radius 3 is 2.53 bits per heavy atom. The van der Waals surface area contributed by atoms with E-state index in [2.05, 4.69) is 10.0 Å². The van der Waals surface area contributed by atoms with Crippen LogP contribution in [0.5, 0.6) is 0 Å². The predicted octanol–water partition coefficient (Wildman–Crippen LogP) is 2.51. The maximum absolute atomic E-state index is 12.7. The Balaban J connectivity index is 2.94. The van der Waals surface area contributed by atoms with Crippen LogP contribution >= 0.6 is 0 Å². The highest BCUT2D eigenvalue weighted by Gasteiger charge is 2.21. The first-order chi connectivity index (χ1) is 8.26. The highest BCUT2D eigenvalue weighted by molar-refractivity contribution is 5.25. The van der Waals surface area contributed by atoms with E-state index in [1.54, 1.807) is 24.3 Å². The van der Waals surface area contributed by atoms with E-state index in [0.717, 1.165) is 5.56 Å². The van der Waals surface area contributed by atoms with Gasteiger partial charge in [-0.3, -0.25) is 4.39 Å². The third-order valence-electron chi connectivity index (χ3n) is 2.45. The molecule has 5 nitrogen and oxygen atoms in total. The second kappa shape index (κ2) is 6.85. The summed E-state index contributed by atoms with van der Waals surface area (Å²) in [5.41, 5.74) is 9.81. The second-order valence-corrected chi connectivity index (χ2v) is 3.48. The monoisotopic (exact) mass is 239 g/mol. The van der Waals surface area contributed by atoms with Crippen LogP contribution in [0.1, 0.15) is 17.2 Å². The van der Waals surface area contributed by atoms with Crippen LogP contribution in [0.2, 0.25) is 0 Å². The number of alkyl halides is 1. The minimum Gasteiger partial charge on any atom is -0.392 e. The van der Waals surface area contributed by atoms with Gasteiger partial charge in [0, 0.05) is 12.0 Å². The number of azide groups is 1. The molecule has 0 unspecified atom stereocenters. The number of nitrogens with zero attached hydrogens (tertiary/aromatic N) is 3. The van der Waals surface area contributed by atoms with Crippen LogP contribution in [0, 0.1) is 0 Å². The lowest BCUT2D eigenvalue weighted by molar-refractivity contribution is 0.0722. The minimum atomic E-state index is -0.884. The van der Waals surface area contributed by atoms with E-state index >= 15 is 0 Å². The topological polar surface area (TPSA) is 78.2 Å². The second-order valence-electron chi connectivity index (χ2n) is 3.48. The first-order valence-corrected chi connectivity index (χ1v) is 5.09. The molecule has 0 aliphatic carbocycles. The van der Waals surface area contributed by atoms with Crippen molar-refractivity contribution in [2.24, 2.45) is 5.11 Å². The summed E-state index contributed by atoms with van der Waals surface area (Å²) in [4.78, 5) is 2.60. The molecule has 92 valence electrons. The quantitative estimate of drug-likeness (QED) is 0.470. The summed E-state index contributed by atoms with van der Waals surface area (Å²) in [6.45, 7) is -0.842. The van der Waals surface area contributed by atoms with E-state index in [9.17, 15) is 4.39 Å². The van der Waals surface area contributed by atoms with Gasteiger partial charge in [0.1, 0.15) is 6.67 Å². The van der Waals surface area contributed by atoms with Gasteiger partial charge in [0.05, 0.1) is 18.8 Å². The van der Waals surface area contributed by atoms with Gasteiger partial charge < -0.3 is 9.84 Å². The van der Waals surface area contributed by atoms with Crippen molar-refractivity contribution >= 4 is 0 Å². The fraction of sp³-hybridized carbons (Fsp3) is 0.455. The van der Waals surface area contributed by atoms with Crippen LogP contribution in [0.25, 0.3) is 10.4 Å². The Morgan fingerprint density at radius 2 is 2.12 bits per heavy atom. The van der Waals surface area contributed by atoms with Crippen LogP contribution in [-0.2, 0) is 11.3 Å². The van der Waals surface area contributed by atoms with Crippen LogP contribution in [0.15, 0.2) is 29.4 Å². The maximum atomic E-state index is 12.7. The number of aliphatic hydroxyl groups excluding tert-OH is 1. The number of hydrogen-bond donors (Lipinski definition) is 1. The molecule has 1 N–H and O–H groups in total. The highest BCUT2D eigenvalue weighted by atomic mass is 19.1. The van der Waals surface area contributed by atoms with Gasteiger partial charge in [-0.2, -0.15) is 0 Å². The highest BCUT2D eigenvalue weighted by Crippen LogP contribution is 2.24. The maximum Gasteiger partial charge on any atom is 0.101 e. The lowest BCUT2D eigenvalue weighted by Crippen LogP contribution is -2.20. The van der Waals surface area contributed by atoms with Crippen molar-refractivity contribution in [3.05, 3.63) is 45.8 Å². The van der Waals surface area contributed by atoms with E-state index < -0.39 is 18.8 Å². The molecule has 0 bridgehead atoms. The molecule has 0 saturated carbocycles. The molecule has 0 heterocycles. The van der Waals surface area contributed by atoms with Gasteiger partial charge in [-0.05, 0) is 16.7 Å². The van der Waals surface area contributed by atoms with E-state index in [1.165, 1.54) is 7.11 Å². The van der Waals surface area contributed by atoms with Crippen LogP contribution in [0.4, 0.5) is 4.39 Å². The summed E-state index contributed by atoms with van der Waals surface area (Å²) in [5.74, 6) is 0. The third kappa shape index (κ3) is 3.42. The van der Waals surface area contributed by atoms with E-state index in [0.29, 0.717) is 5.56 Å². The van der Waals surface area contributed by atoms with Crippen molar-refractivity contribution in [2.45, 2.75) is 18.8 Å². The van der Waals surface area contributed by atoms with Gasteiger partial charge in [-0.1, -0.05) is 29.4 Å². The molecular weight excluding hydrogens is 225 g/mol. The van der Waals surface area contributed by atoms with Crippen LogP contribution in [-0.4, -0.2) is 24.9 Å². The Bertz CT molecular complexity index is 390. The number of aliphatic hydroxyl groups is 1. The Labute approximate surface area is 98.5 Å². The summed E-state index contributed by atoms with van der Waals surface area (Å²) in [6, 6.07) is 5.98. The molecule has 0 amide bonds. The van der Waals surface area contributed by atoms with Crippen molar-refractivity contribution in [3.8, 4) is 0 Å². The van der Waals surface area contributed by atoms with Gasteiger partial charge in [0.15, 0.2) is 0 Å². The molecule has 0 saturated heterocycles. The van der Waals surface area contributed by atoms with Crippen molar-refractivity contribution in [1.29, 1.82) is 0 Å². The summed E-state index contributed by atoms with van der Waals surface area (Å²) < 4.78 is 17.9. The number of hydrogen-bond acceptors (Lipinski definition) is 3. The minimum absolute atomic E-state index is 0.0547. The van der Waals surface area contributed by atoms with Gasteiger partial charge >= 0.3 is 0 Å². The molecule has 0 spiro atoms. The smallest absolute Gasteiger partial charge is 0.101 e. The van der Waals surface area contributed by atoms with Gasteiger partial charge in [-0.15, -0.1) is 0 Å². The number of methoxy groups -OCH3 is 1. The van der Waals surface area contributed by atoms with Crippen molar-refractivity contribution in [2.75, 3.05) is 13.8 Å². The lowest BCUT2D eigenvalue weighted by atomic mass is 10.0. The molecule has 1 rings (SSSR count). The molecule has 6 heteroatoms. The van der Waals surface area contributed by atoms with Gasteiger partial charge in [-0.25, -0.2) is 0 Å². The fourth-order valence-electron chi connectivity index (χ4n) is 1.57. The number of rotatable bonds is 6. The molecule has 0 aliphatic heterocycles. The summed E-state index contributed by atoms with van der Waals surface area (Å²) >= 11 is 0. The zero-order valence-electron chi connectivity index (χ0n) is 9.45. The Hall–Kier alpha value is -1.62. The molecule has 17 heavy (non-hydrogen) atoms. The SMILES string of the molecule is CO[C@H](c1ccc(CO)cc1)[C@@H](CF)N=[N+]=[N-]. The zero-order chi connectivity index (χ0) is 12.7. The van der Waals surface area contributed by atoms with Crippen LogP contribution < -0.4 is 0 Å². The number of halogens is 1. The average Bonchev–Trinajstić information content (AvgIpc) is 2.39. The van der Waals surface area contributed by atoms with E-state index in [4.69, 9.17) is 15.4 Å². The van der Waals surface area contributed by atoms with E-state index in [1.807, 2.05) is 0 Å². The molecular formula is C11H14FN3O2. The molecule has 1 aromatic rings. The number of benzene rings is 1. The first-order valence-electron chi connectivity index (χ1n) is 5.09. The Morgan fingerprint density at radius 1 is 1.47 bits per heavy atom. The first kappa shape index (κ1) is 13.4. The molecule has 2 atom stereocenters. The molecule has 0 radical (unpaired) electrons. The summed E-state index contributed by atoms with van der Waals surface area (Å²) in [7, 11) is 1.43.